The number of halogens is 3. The van der Waals surface area contributed by atoms with E-state index in [0.29, 0.717) is 12.3 Å². The van der Waals surface area contributed by atoms with Gasteiger partial charge in [0, 0.05) is 6.04 Å². The third-order valence-corrected chi connectivity index (χ3v) is 2.72. The quantitative estimate of drug-likeness (QED) is 0.847. The lowest BCUT2D eigenvalue weighted by atomic mass is 9.94. The van der Waals surface area contributed by atoms with Crippen LogP contribution in [-0.2, 0) is 6.18 Å². The van der Waals surface area contributed by atoms with Crippen molar-refractivity contribution in [2.45, 2.75) is 38.9 Å². The van der Waals surface area contributed by atoms with Crippen LogP contribution in [0.15, 0.2) is 24.3 Å². The summed E-state index contributed by atoms with van der Waals surface area (Å²) in [4.78, 5) is 0. The van der Waals surface area contributed by atoms with E-state index >= 15 is 0 Å². The van der Waals surface area contributed by atoms with Crippen molar-refractivity contribution in [2.75, 3.05) is 0 Å². The highest BCUT2D eigenvalue weighted by molar-refractivity contribution is 5.32. The maximum atomic E-state index is 12.8. The van der Waals surface area contributed by atoms with Gasteiger partial charge in [-0.25, -0.2) is 0 Å². The lowest BCUT2D eigenvalue weighted by molar-refractivity contribution is -0.138. The second-order valence-corrected chi connectivity index (χ2v) is 4.66. The molecule has 0 aliphatic carbocycles. The molecule has 0 aliphatic rings. The SMILES string of the molecule is CC(C)CC[C@@H](N)c1ccccc1C(F)(F)F. The Labute approximate surface area is 99.8 Å². The summed E-state index contributed by atoms with van der Waals surface area (Å²) in [7, 11) is 0. The molecule has 1 atom stereocenters. The highest BCUT2D eigenvalue weighted by atomic mass is 19.4. The van der Waals surface area contributed by atoms with E-state index in [0.717, 1.165) is 12.5 Å². The molecule has 0 radical (unpaired) electrons. The van der Waals surface area contributed by atoms with E-state index in [2.05, 4.69) is 0 Å². The fourth-order valence-corrected chi connectivity index (χ4v) is 1.75. The monoisotopic (exact) mass is 245 g/mol. The van der Waals surface area contributed by atoms with Crippen LogP contribution in [0, 0.1) is 5.92 Å². The topological polar surface area (TPSA) is 26.0 Å². The third-order valence-electron chi connectivity index (χ3n) is 2.72. The molecule has 4 heteroatoms. The van der Waals surface area contributed by atoms with Gasteiger partial charge in [0.1, 0.15) is 0 Å². The molecule has 0 saturated heterocycles. The van der Waals surface area contributed by atoms with Gasteiger partial charge in [-0.15, -0.1) is 0 Å². The smallest absolute Gasteiger partial charge is 0.324 e. The fraction of sp³-hybridized carbons (Fsp3) is 0.538. The zero-order chi connectivity index (χ0) is 13.1. The molecule has 0 saturated carbocycles. The van der Waals surface area contributed by atoms with Gasteiger partial charge in [-0.1, -0.05) is 32.0 Å². The van der Waals surface area contributed by atoms with Crippen LogP contribution in [-0.4, -0.2) is 0 Å². The standard InChI is InChI=1S/C13H18F3N/c1-9(2)7-8-12(17)10-5-3-4-6-11(10)13(14,15)16/h3-6,9,12H,7-8,17H2,1-2H3/t12-/m1/s1. The van der Waals surface area contributed by atoms with Gasteiger partial charge < -0.3 is 5.73 Å². The lowest BCUT2D eigenvalue weighted by Crippen LogP contribution is -2.17. The molecule has 17 heavy (non-hydrogen) atoms. The van der Waals surface area contributed by atoms with Crippen molar-refractivity contribution < 1.29 is 13.2 Å². The molecule has 1 aromatic carbocycles. The molecular formula is C13H18F3N. The summed E-state index contributed by atoms with van der Waals surface area (Å²) >= 11 is 0. The summed E-state index contributed by atoms with van der Waals surface area (Å²) in [5, 5.41) is 0. The van der Waals surface area contributed by atoms with E-state index < -0.39 is 17.8 Å². The van der Waals surface area contributed by atoms with Gasteiger partial charge in [0.05, 0.1) is 5.56 Å². The number of nitrogens with two attached hydrogens (primary N) is 1. The van der Waals surface area contributed by atoms with Crippen LogP contribution in [0.4, 0.5) is 13.2 Å². The highest BCUT2D eigenvalue weighted by Crippen LogP contribution is 2.35. The minimum atomic E-state index is -4.33. The first kappa shape index (κ1) is 14.0. The normalized spacial score (nSPS) is 14.1. The number of alkyl halides is 3. The third kappa shape index (κ3) is 4.04. The van der Waals surface area contributed by atoms with E-state index in [4.69, 9.17) is 5.73 Å². The number of rotatable bonds is 4. The number of hydrogen-bond donors (Lipinski definition) is 1. The zero-order valence-corrected chi connectivity index (χ0v) is 10.1. The van der Waals surface area contributed by atoms with Crippen molar-refractivity contribution in [3.63, 3.8) is 0 Å². The molecule has 0 aliphatic heterocycles. The predicted molar refractivity (Wildman–Crippen MR) is 62.4 cm³/mol. The molecule has 0 fully saturated rings. The first-order chi connectivity index (χ1) is 7.82. The second-order valence-electron chi connectivity index (χ2n) is 4.66. The molecule has 0 bridgehead atoms. The van der Waals surface area contributed by atoms with Crippen LogP contribution in [0.3, 0.4) is 0 Å². The molecule has 0 amide bonds. The van der Waals surface area contributed by atoms with Gasteiger partial charge in [-0.05, 0) is 30.4 Å². The van der Waals surface area contributed by atoms with Crippen LogP contribution in [0.5, 0.6) is 0 Å². The second kappa shape index (κ2) is 5.54. The Morgan fingerprint density at radius 3 is 2.24 bits per heavy atom. The van der Waals surface area contributed by atoms with Gasteiger partial charge in [-0.3, -0.25) is 0 Å². The first-order valence-corrected chi connectivity index (χ1v) is 5.74. The van der Waals surface area contributed by atoms with Gasteiger partial charge >= 0.3 is 6.18 Å². The zero-order valence-electron chi connectivity index (χ0n) is 10.1. The van der Waals surface area contributed by atoms with Crippen LogP contribution in [0.1, 0.15) is 43.9 Å². The summed E-state index contributed by atoms with van der Waals surface area (Å²) < 4.78 is 38.3. The molecule has 2 N–H and O–H groups in total. The summed E-state index contributed by atoms with van der Waals surface area (Å²) in [6.45, 7) is 4.06. The van der Waals surface area contributed by atoms with E-state index in [-0.39, 0.29) is 5.56 Å². The maximum Gasteiger partial charge on any atom is 0.416 e. The minimum absolute atomic E-state index is 0.195. The van der Waals surface area contributed by atoms with Crippen LogP contribution < -0.4 is 5.73 Å². The summed E-state index contributed by atoms with van der Waals surface area (Å²) in [5.74, 6) is 0.444. The highest BCUT2D eigenvalue weighted by Gasteiger charge is 2.34. The Kier molecular flexibility index (Phi) is 4.57. The molecule has 0 aromatic heterocycles. The summed E-state index contributed by atoms with van der Waals surface area (Å²) in [6.07, 6.45) is -2.93. The average molecular weight is 245 g/mol. The van der Waals surface area contributed by atoms with Gasteiger partial charge in [-0.2, -0.15) is 13.2 Å². The van der Waals surface area contributed by atoms with Gasteiger partial charge in [0.15, 0.2) is 0 Å². The maximum absolute atomic E-state index is 12.8. The molecule has 1 aromatic rings. The fourth-order valence-electron chi connectivity index (χ4n) is 1.75. The van der Waals surface area contributed by atoms with E-state index in [1.54, 1.807) is 6.07 Å². The largest absolute Gasteiger partial charge is 0.416 e. The van der Waals surface area contributed by atoms with Crippen molar-refractivity contribution in [3.05, 3.63) is 35.4 Å². The molecule has 0 heterocycles. The van der Waals surface area contributed by atoms with Gasteiger partial charge in [0.25, 0.3) is 0 Å². The van der Waals surface area contributed by atoms with Crippen molar-refractivity contribution >= 4 is 0 Å². The summed E-state index contributed by atoms with van der Waals surface area (Å²) in [6, 6.07) is 5.00. The Hall–Kier alpha value is -1.03. The van der Waals surface area contributed by atoms with Crippen molar-refractivity contribution in [3.8, 4) is 0 Å². The molecular weight excluding hydrogens is 227 g/mol. The van der Waals surface area contributed by atoms with Gasteiger partial charge in [0.2, 0.25) is 0 Å². The van der Waals surface area contributed by atoms with Crippen molar-refractivity contribution in [2.24, 2.45) is 11.7 Å². The minimum Gasteiger partial charge on any atom is -0.324 e. The Morgan fingerprint density at radius 1 is 1.12 bits per heavy atom. The van der Waals surface area contributed by atoms with Crippen LogP contribution in [0.2, 0.25) is 0 Å². The van der Waals surface area contributed by atoms with Crippen molar-refractivity contribution in [1.82, 2.24) is 0 Å². The Morgan fingerprint density at radius 2 is 1.71 bits per heavy atom. The number of benzene rings is 1. The Bertz CT molecular complexity index is 358. The van der Waals surface area contributed by atoms with E-state index in [9.17, 15) is 13.2 Å². The molecule has 0 spiro atoms. The van der Waals surface area contributed by atoms with Crippen molar-refractivity contribution in [1.29, 1.82) is 0 Å². The molecule has 1 nitrogen and oxygen atoms in total. The molecule has 96 valence electrons. The lowest BCUT2D eigenvalue weighted by Gasteiger charge is -2.18. The summed E-state index contributed by atoms with van der Waals surface area (Å²) in [5.41, 5.74) is 5.42. The van der Waals surface area contributed by atoms with E-state index in [1.807, 2.05) is 13.8 Å². The Balaban J connectivity index is 2.89. The van der Waals surface area contributed by atoms with Crippen LogP contribution >= 0.6 is 0 Å². The molecule has 1 rings (SSSR count). The number of hydrogen-bond acceptors (Lipinski definition) is 1. The first-order valence-electron chi connectivity index (χ1n) is 5.74. The van der Waals surface area contributed by atoms with E-state index in [1.165, 1.54) is 12.1 Å². The van der Waals surface area contributed by atoms with Crippen LogP contribution in [0.25, 0.3) is 0 Å². The predicted octanol–water partition coefficient (Wildman–Crippen LogP) is 4.14. The average Bonchev–Trinajstić information content (AvgIpc) is 2.24. The molecule has 0 unspecified atom stereocenters.